The molecular formula is C15H23BrN2O. The van der Waals surface area contributed by atoms with Crippen LogP contribution >= 0.6 is 15.9 Å². The number of methoxy groups -OCH3 is 1. The van der Waals surface area contributed by atoms with Gasteiger partial charge in [0.15, 0.2) is 0 Å². The van der Waals surface area contributed by atoms with Crippen molar-refractivity contribution < 1.29 is 4.74 Å². The summed E-state index contributed by atoms with van der Waals surface area (Å²) in [7, 11) is 1.73. The van der Waals surface area contributed by atoms with E-state index in [9.17, 15) is 0 Å². The molecule has 1 fully saturated rings. The molecule has 0 spiro atoms. The molecule has 0 aliphatic carbocycles. The normalized spacial score (nSPS) is 22.2. The molecule has 1 heterocycles. The fraction of sp³-hybridized carbons (Fsp3) is 0.600. The molecule has 0 bridgehead atoms. The number of halogens is 1. The van der Waals surface area contributed by atoms with Gasteiger partial charge in [0, 0.05) is 24.2 Å². The maximum absolute atomic E-state index is 6.13. The number of nitrogens with zero attached hydrogens (tertiary/aromatic N) is 1. The number of para-hydroxylation sites is 1. The van der Waals surface area contributed by atoms with E-state index < -0.39 is 0 Å². The van der Waals surface area contributed by atoms with Crippen molar-refractivity contribution in [2.24, 2.45) is 5.73 Å². The first-order valence-corrected chi connectivity index (χ1v) is 7.73. The smallest absolute Gasteiger partial charge is 0.137 e. The first-order chi connectivity index (χ1) is 9.13. The zero-order chi connectivity index (χ0) is 13.8. The van der Waals surface area contributed by atoms with Gasteiger partial charge in [-0.3, -0.25) is 4.90 Å². The average molecular weight is 327 g/mol. The van der Waals surface area contributed by atoms with Crippen molar-refractivity contribution in [3.63, 3.8) is 0 Å². The highest BCUT2D eigenvalue weighted by Gasteiger charge is 2.26. The van der Waals surface area contributed by atoms with Crippen molar-refractivity contribution in [2.45, 2.75) is 44.8 Å². The lowest BCUT2D eigenvalue weighted by atomic mass is 9.96. The molecule has 2 atom stereocenters. The van der Waals surface area contributed by atoms with E-state index in [4.69, 9.17) is 10.5 Å². The molecule has 1 aliphatic heterocycles. The Morgan fingerprint density at radius 3 is 2.95 bits per heavy atom. The molecule has 1 aromatic rings. The topological polar surface area (TPSA) is 38.5 Å². The maximum Gasteiger partial charge on any atom is 0.137 e. The van der Waals surface area contributed by atoms with Crippen LogP contribution in [-0.2, 0) is 6.54 Å². The van der Waals surface area contributed by atoms with Gasteiger partial charge >= 0.3 is 0 Å². The third-order valence-electron chi connectivity index (χ3n) is 3.90. The van der Waals surface area contributed by atoms with Crippen LogP contribution in [0, 0.1) is 0 Å². The minimum Gasteiger partial charge on any atom is -0.495 e. The number of hydrogen-bond acceptors (Lipinski definition) is 3. The van der Waals surface area contributed by atoms with E-state index in [0.29, 0.717) is 6.04 Å². The van der Waals surface area contributed by atoms with Gasteiger partial charge in [0.05, 0.1) is 11.6 Å². The van der Waals surface area contributed by atoms with Crippen LogP contribution in [-0.4, -0.2) is 30.6 Å². The van der Waals surface area contributed by atoms with Crippen molar-refractivity contribution in [2.75, 3.05) is 13.7 Å². The Kier molecular flexibility index (Phi) is 5.25. The van der Waals surface area contributed by atoms with Gasteiger partial charge in [-0.05, 0) is 48.3 Å². The molecule has 19 heavy (non-hydrogen) atoms. The van der Waals surface area contributed by atoms with Crippen molar-refractivity contribution in [1.82, 2.24) is 4.90 Å². The quantitative estimate of drug-likeness (QED) is 0.923. The Balaban J connectivity index is 2.17. The second-order valence-corrected chi connectivity index (χ2v) is 6.18. The summed E-state index contributed by atoms with van der Waals surface area (Å²) in [6.07, 6.45) is 3.76. The Labute approximate surface area is 124 Å². The summed E-state index contributed by atoms with van der Waals surface area (Å²) in [5.41, 5.74) is 7.36. The standard InChI is InChI=1S/C15H23BrN2O/c1-11(17)14-8-3-4-9-18(14)10-12-6-5-7-13(16)15(12)19-2/h5-7,11,14H,3-4,8-10,17H2,1-2H3. The molecule has 0 amide bonds. The average Bonchev–Trinajstić information content (AvgIpc) is 2.39. The number of ether oxygens (including phenoxy) is 1. The predicted molar refractivity (Wildman–Crippen MR) is 82.4 cm³/mol. The molecule has 2 N–H and O–H groups in total. The lowest BCUT2D eigenvalue weighted by Gasteiger charge is -2.38. The fourth-order valence-corrected chi connectivity index (χ4v) is 3.50. The number of benzene rings is 1. The van der Waals surface area contributed by atoms with Crippen LogP contribution < -0.4 is 10.5 Å². The van der Waals surface area contributed by atoms with E-state index in [0.717, 1.165) is 23.3 Å². The van der Waals surface area contributed by atoms with Gasteiger partial charge in [-0.2, -0.15) is 0 Å². The molecule has 1 aliphatic rings. The number of rotatable bonds is 4. The van der Waals surface area contributed by atoms with Crippen LogP contribution in [0.5, 0.6) is 5.75 Å². The Bertz CT molecular complexity index is 423. The Morgan fingerprint density at radius 1 is 1.47 bits per heavy atom. The number of hydrogen-bond donors (Lipinski definition) is 1. The second kappa shape index (κ2) is 6.73. The van der Waals surface area contributed by atoms with Gasteiger partial charge in [0.25, 0.3) is 0 Å². The van der Waals surface area contributed by atoms with Gasteiger partial charge < -0.3 is 10.5 Å². The maximum atomic E-state index is 6.13. The number of nitrogens with two attached hydrogens (primary N) is 1. The molecule has 1 aromatic carbocycles. The highest BCUT2D eigenvalue weighted by atomic mass is 79.9. The monoisotopic (exact) mass is 326 g/mol. The molecule has 3 nitrogen and oxygen atoms in total. The minimum atomic E-state index is 0.221. The molecule has 0 radical (unpaired) electrons. The summed E-state index contributed by atoms with van der Waals surface area (Å²) in [4.78, 5) is 2.50. The zero-order valence-electron chi connectivity index (χ0n) is 11.7. The summed E-state index contributed by atoms with van der Waals surface area (Å²) in [6.45, 7) is 4.15. The van der Waals surface area contributed by atoms with E-state index in [1.165, 1.54) is 24.8 Å². The predicted octanol–water partition coefficient (Wildman–Crippen LogP) is 3.16. The molecule has 4 heteroatoms. The van der Waals surface area contributed by atoms with E-state index in [1.54, 1.807) is 7.11 Å². The lowest BCUT2D eigenvalue weighted by Crippen LogP contribution is -2.48. The summed E-state index contributed by atoms with van der Waals surface area (Å²) in [5.74, 6) is 0.941. The molecule has 106 valence electrons. The van der Waals surface area contributed by atoms with Gasteiger partial charge in [-0.25, -0.2) is 0 Å². The SMILES string of the molecule is COc1c(Br)cccc1CN1CCCCC1C(C)N. The highest BCUT2D eigenvalue weighted by Crippen LogP contribution is 2.31. The fourth-order valence-electron chi connectivity index (χ4n) is 2.93. The number of piperidine rings is 1. The van der Waals surface area contributed by atoms with E-state index in [1.807, 2.05) is 6.07 Å². The Hall–Kier alpha value is -0.580. The Morgan fingerprint density at radius 2 is 2.26 bits per heavy atom. The largest absolute Gasteiger partial charge is 0.495 e. The van der Waals surface area contributed by atoms with Gasteiger partial charge in [-0.1, -0.05) is 18.6 Å². The summed E-state index contributed by atoms with van der Waals surface area (Å²) >= 11 is 3.55. The lowest BCUT2D eigenvalue weighted by molar-refractivity contribution is 0.122. The molecule has 2 unspecified atom stereocenters. The molecule has 0 aromatic heterocycles. The van der Waals surface area contributed by atoms with Crippen LogP contribution in [0.15, 0.2) is 22.7 Å². The van der Waals surface area contributed by atoms with Gasteiger partial charge in [-0.15, -0.1) is 0 Å². The van der Waals surface area contributed by atoms with Gasteiger partial charge in [0.1, 0.15) is 5.75 Å². The summed E-state index contributed by atoms with van der Waals surface area (Å²) in [6, 6.07) is 6.92. The molecular weight excluding hydrogens is 304 g/mol. The van der Waals surface area contributed by atoms with E-state index >= 15 is 0 Å². The number of likely N-dealkylation sites (tertiary alicyclic amines) is 1. The first-order valence-electron chi connectivity index (χ1n) is 6.94. The van der Waals surface area contributed by atoms with Crippen molar-refractivity contribution in [3.05, 3.63) is 28.2 Å². The molecule has 0 saturated carbocycles. The van der Waals surface area contributed by atoms with Crippen molar-refractivity contribution >= 4 is 15.9 Å². The molecule has 2 rings (SSSR count). The van der Waals surface area contributed by atoms with E-state index in [-0.39, 0.29) is 6.04 Å². The first kappa shape index (κ1) is 14.8. The third kappa shape index (κ3) is 3.50. The van der Waals surface area contributed by atoms with Crippen molar-refractivity contribution in [1.29, 1.82) is 0 Å². The van der Waals surface area contributed by atoms with Crippen LogP contribution in [0.3, 0.4) is 0 Å². The van der Waals surface area contributed by atoms with E-state index in [2.05, 4.69) is 39.9 Å². The van der Waals surface area contributed by atoms with Crippen LogP contribution in [0.25, 0.3) is 0 Å². The molecule has 1 saturated heterocycles. The summed E-state index contributed by atoms with van der Waals surface area (Å²) in [5, 5.41) is 0. The van der Waals surface area contributed by atoms with Gasteiger partial charge in [0.2, 0.25) is 0 Å². The minimum absolute atomic E-state index is 0.221. The van der Waals surface area contributed by atoms with Crippen LogP contribution in [0.4, 0.5) is 0 Å². The zero-order valence-corrected chi connectivity index (χ0v) is 13.3. The second-order valence-electron chi connectivity index (χ2n) is 5.32. The van der Waals surface area contributed by atoms with Crippen LogP contribution in [0.1, 0.15) is 31.7 Å². The summed E-state index contributed by atoms with van der Waals surface area (Å²) < 4.78 is 6.52. The van der Waals surface area contributed by atoms with Crippen molar-refractivity contribution in [3.8, 4) is 5.75 Å². The third-order valence-corrected chi connectivity index (χ3v) is 4.52. The van der Waals surface area contributed by atoms with Crippen LogP contribution in [0.2, 0.25) is 0 Å². The highest BCUT2D eigenvalue weighted by molar-refractivity contribution is 9.10.